The Hall–Kier alpha value is -0.120. The van der Waals surface area contributed by atoms with Crippen LogP contribution in [0.4, 0.5) is 0 Å². The zero-order valence-electron chi connectivity index (χ0n) is 11.1. The van der Waals surface area contributed by atoms with E-state index in [2.05, 4.69) is 13.8 Å². The lowest BCUT2D eigenvalue weighted by atomic mass is 10.1. The van der Waals surface area contributed by atoms with Crippen molar-refractivity contribution in [3.8, 4) is 0 Å². The predicted octanol–water partition coefficient (Wildman–Crippen LogP) is 2.76. The van der Waals surface area contributed by atoms with Crippen LogP contribution in [0.2, 0.25) is 0 Å². The molecule has 0 heterocycles. The van der Waals surface area contributed by atoms with E-state index in [0.29, 0.717) is 18.8 Å². The van der Waals surface area contributed by atoms with E-state index in [-0.39, 0.29) is 0 Å². The van der Waals surface area contributed by atoms with Crippen LogP contribution >= 0.6 is 0 Å². The second-order valence-corrected chi connectivity index (χ2v) is 4.44. The van der Waals surface area contributed by atoms with Gasteiger partial charge < -0.3 is 14.6 Å². The maximum absolute atomic E-state index is 8.65. The van der Waals surface area contributed by atoms with Crippen molar-refractivity contribution in [1.29, 1.82) is 0 Å². The van der Waals surface area contributed by atoms with Gasteiger partial charge in [0.25, 0.3) is 0 Å². The van der Waals surface area contributed by atoms with Crippen molar-refractivity contribution in [2.24, 2.45) is 0 Å². The minimum atomic E-state index is 0.293. The van der Waals surface area contributed by atoms with E-state index < -0.39 is 0 Å². The Morgan fingerprint density at radius 1 is 0.938 bits per heavy atom. The van der Waals surface area contributed by atoms with Crippen LogP contribution in [0.3, 0.4) is 0 Å². The third-order valence-electron chi connectivity index (χ3n) is 2.83. The molecule has 3 heteroatoms. The molecule has 0 aliphatic heterocycles. The molecule has 98 valence electrons. The maximum atomic E-state index is 8.65. The second kappa shape index (κ2) is 11.4. The fourth-order valence-electron chi connectivity index (χ4n) is 1.56. The Balaban J connectivity index is 3.17. The van der Waals surface area contributed by atoms with Crippen LogP contribution in [0.15, 0.2) is 0 Å². The molecule has 3 nitrogen and oxygen atoms in total. The van der Waals surface area contributed by atoms with Crippen LogP contribution in [0.25, 0.3) is 0 Å². The van der Waals surface area contributed by atoms with Gasteiger partial charge in [0.05, 0.1) is 12.2 Å². The minimum Gasteiger partial charge on any atom is -0.396 e. The number of unbranched alkanes of at least 4 members (excludes halogenated alkanes) is 2. The fraction of sp³-hybridized carbons (Fsp3) is 1.00. The molecule has 0 fully saturated rings. The molecule has 0 aromatic carbocycles. The first kappa shape index (κ1) is 15.9. The van der Waals surface area contributed by atoms with Crippen molar-refractivity contribution >= 4 is 0 Å². The summed E-state index contributed by atoms with van der Waals surface area (Å²) in [4.78, 5) is 0. The van der Waals surface area contributed by atoms with E-state index in [9.17, 15) is 0 Å². The zero-order valence-corrected chi connectivity index (χ0v) is 11.1. The number of aliphatic hydroxyl groups is 1. The molecule has 2 unspecified atom stereocenters. The molecule has 0 radical (unpaired) electrons. The molecule has 0 aliphatic rings. The van der Waals surface area contributed by atoms with E-state index in [1.165, 1.54) is 6.42 Å². The van der Waals surface area contributed by atoms with Crippen LogP contribution in [-0.2, 0) is 9.47 Å². The average Bonchev–Trinajstić information content (AvgIpc) is 2.28. The predicted molar refractivity (Wildman–Crippen MR) is 66.7 cm³/mol. The summed E-state index contributed by atoms with van der Waals surface area (Å²) in [7, 11) is 1.75. The molecule has 0 rings (SSSR count). The van der Waals surface area contributed by atoms with Gasteiger partial charge in [0.2, 0.25) is 0 Å². The largest absolute Gasteiger partial charge is 0.396 e. The van der Waals surface area contributed by atoms with E-state index in [0.717, 1.165) is 38.7 Å². The topological polar surface area (TPSA) is 38.7 Å². The second-order valence-electron chi connectivity index (χ2n) is 4.44. The monoisotopic (exact) mass is 232 g/mol. The third-order valence-corrected chi connectivity index (χ3v) is 2.83. The first-order chi connectivity index (χ1) is 7.70. The number of aliphatic hydroxyl groups excluding tert-OH is 1. The van der Waals surface area contributed by atoms with Crippen LogP contribution in [-0.4, -0.2) is 37.6 Å². The Morgan fingerprint density at radius 2 is 1.56 bits per heavy atom. The van der Waals surface area contributed by atoms with Gasteiger partial charge in [-0.3, -0.25) is 0 Å². The first-order valence-electron chi connectivity index (χ1n) is 6.46. The van der Waals surface area contributed by atoms with Gasteiger partial charge in [0.1, 0.15) is 0 Å². The van der Waals surface area contributed by atoms with Crippen molar-refractivity contribution in [1.82, 2.24) is 0 Å². The Morgan fingerprint density at radius 3 is 2.19 bits per heavy atom. The Bertz CT molecular complexity index is 139. The van der Waals surface area contributed by atoms with Crippen molar-refractivity contribution in [2.75, 3.05) is 20.3 Å². The van der Waals surface area contributed by atoms with Crippen molar-refractivity contribution in [3.05, 3.63) is 0 Å². The van der Waals surface area contributed by atoms with Gasteiger partial charge in [-0.2, -0.15) is 0 Å². The lowest BCUT2D eigenvalue weighted by Gasteiger charge is -2.13. The minimum absolute atomic E-state index is 0.293. The Kier molecular flexibility index (Phi) is 11.3. The summed E-state index contributed by atoms with van der Waals surface area (Å²) in [6.45, 7) is 5.34. The molecule has 0 amide bonds. The van der Waals surface area contributed by atoms with Crippen LogP contribution in [0.5, 0.6) is 0 Å². The van der Waals surface area contributed by atoms with E-state index in [1.54, 1.807) is 7.11 Å². The van der Waals surface area contributed by atoms with Gasteiger partial charge in [0, 0.05) is 20.3 Å². The average molecular weight is 232 g/mol. The van der Waals surface area contributed by atoms with Gasteiger partial charge in [-0.15, -0.1) is 0 Å². The SMILES string of the molecule is COC(C)CCCCOC(C)CCCCO. The van der Waals surface area contributed by atoms with Crippen LogP contribution < -0.4 is 0 Å². The van der Waals surface area contributed by atoms with E-state index in [1.807, 2.05) is 0 Å². The molecule has 1 N–H and O–H groups in total. The number of rotatable bonds is 11. The molecule has 0 aliphatic carbocycles. The zero-order chi connectivity index (χ0) is 12.2. The number of hydrogen-bond donors (Lipinski definition) is 1. The Labute approximate surface area is 100 Å². The summed E-state index contributed by atoms with van der Waals surface area (Å²) >= 11 is 0. The standard InChI is InChI=1S/C13H28O3/c1-12(15-3)8-5-7-11-16-13(2)9-4-6-10-14/h12-14H,4-11H2,1-3H3. The fourth-order valence-corrected chi connectivity index (χ4v) is 1.56. The summed E-state index contributed by atoms with van der Waals surface area (Å²) < 4.78 is 10.9. The quantitative estimate of drug-likeness (QED) is 0.557. The summed E-state index contributed by atoms with van der Waals surface area (Å²) in [6.07, 6.45) is 7.06. The number of hydrogen-bond acceptors (Lipinski definition) is 3. The van der Waals surface area contributed by atoms with Gasteiger partial charge in [-0.1, -0.05) is 0 Å². The van der Waals surface area contributed by atoms with Gasteiger partial charge in [-0.05, 0) is 52.4 Å². The molecule has 0 aromatic rings. The van der Waals surface area contributed by atoms with Gasteiger partial charge >= 0.3 is 0 Å². The van der Waals surface area contributed by atoms with Crippen LogP contribution in [0, 0.1) is 0 Å². The first-order valence-corrected chi connectivity index (χ1v) is 6.46. The van der Waals surface area contributed by atoms with Gasteiger partial charge in [-0.25, -0.2) is 0 Å². The lowest BCUT2D eigenvalue weighted by Crippen LogP contribution is -2.10. The molecule has 0 saturated carbocycles. The summed E-state index contributed by atoms with van der Waals surface area (Å²) in [5.41, 5.74) is 0. The van der Waals surface area contributed by atoms with Crippen molar-refractivity contribution in [2.45, 2.75) is 64.6 Å². The summed E-state index contributed by atoms with van der Waals surface area (Å²) in [5, 5.41) is 8.65. The normalized spacial score (nSPS) is 15.0. The highest BCUT2D eigenvalue weighted by Crippen LogP contribution is 2.07. The highest BCUT2D eigenvalue weighted by Gasteiger charge is 2.02. The molecule has 0 spiro atoms. The van der Waals surface area contributed by atoms with Crippen molar-refractivity contribution < 1.29 is 14.6 Å². The maximum Gasteiger partial charge on any atom is 0.0547 e. The molecule has 0 bridgehead atoms. The molecular formula is C13H28O3. The van der Waals surface area contributed by atoms with Gasteiger partial charge in [0.15, 0.2) is 0 Å². The number of methoxy groups -OCH3 is 1. The molecule has 16 heavy (non-hydrogen) atoms. The highest BCUT2D eigenvalue weighted by molar-refractivity contribution is 4.53. The van der Waals surface area contributed by atoms with Crippen molar-refractivity contribution in [3.63, 3.8) is 0 Å². The highest BCUT2D eigenvalue weighted by atomic mass is 16.5. The van der Waals surface area contributed by atoms with Crippen LogP contribution in [0.1, 0.15) is 52.4 Å². The van der Waals surface area contributed by atoms with E-state index in [4.69, 9.17) is 14.6 Å². The summed E-state index contributed by atoms with van der Waals surface area (Å²) in [6, 6.07) is 0. The molecule has 0 saturated heterocycles. The lowest BCUT2D eigenvalue weighted by molar-refractivity contribution is 0.0512. The van der Waals surface area contributed by atoms with E-state index >= 15 is 0 Å². The molecule has 2 atom stereocenters. The molecular weight excluding hydrogens is 204 g/mol. The summed E-state index contributed by atoms with van der Waals surface area (Å²) in [5.74, 6) is 0. The smallest absolute Gasteiger partial charge is 0.0547 e. The third kappa shape index (κ3) is 10.4. The number of ether oxygens (including phenoxy) is 2. The molecule has 0 aromatic heterocycles.